The topological polar surface area (TPSA) is 29.3 Å². The summed E-state index contributed by atoms with van der Waals surface area (Å²) in [5.41, 5.74) is 8.18. The largest absolute Gasteiger partial charge is 0.398 e. The number of likely N-dealkylation sites (tertiary alicyclic amines) is 1. The van der Waals surface area contributed by atoms with Gasteiger partial charge in [-0.05, 0) is 43.6 Å². The van der Waals surface area contributed by atoms with E-state index in [4.69, 9.17) is 5.73 Å². The van der Waals surface area contributed by atoms with Gasteiger partial charge in [0, 0.05) is 16.7 Å². The average Bonchev–Trinajstić information content (AvgIpc) is 2.51. The number of benzene rings is 1. The van der Waals surface area contributed by atoms with Crippen LogP contribution in [0.5, 0.6) is 0 Å². The molecule has 0 bridgehead atoms. The van der Waals surface area contributed by atoms with Crippen LogP contribution in [0.15, 0.2) is 22.7 Å². The third-order valence-corrected chi connectivity index (χ3v) is 3.69. The van der Waals surface area contributed by atoms with E-state index in [0.717, 1.165) is 16.7 Å². The highest BCUT2D eigenvalue weighted by Gasteiger charge is 2.10. The molecule has 0 spiro atoms. The molecule has 1 aliphatic rings. The van der Waals surface area contributed by atoms with Gasteiger partial charge in [0.25, 0.3) is 0 Å². The van der Waals surface area contributed by atoms with Gasteiger partial charge in [-0.3, -0.25) is 4.90 Å². The van der Waals surface area contributed by atoms with Gasteiger partial charge in [0.05, 0.1) is 0 Å². The van der Waals surface area contributed by atoms with Crippen LogP contribution in [0.2, 0.25) is 0 Å². The van der Waals surface area contributed by atoms with E-state index in [9.17, 15) is 0 Å². The zero-order chi connectivity index (χ0) is 11.4. The highest BCUT2D eigenvalue weighted by molar-refractivity contribution is 9.10. The molecule has 1 aliphatic heterocycles. The molecule has 1 aromatic rings. The number of hydrogen-bond donors (Lipinski definition) is 1. The van der Waals surface area contributed by atoms with Crippen molar-refractivity contribution in [1.29, 1.82) is 0 Å². The Hall–Kier alpha value is -0.540. The van der Waals surface area contributed by atoms with E-state index < -0.39 is 0 Å². The predicted molar refractivity (Wildman–Crippen MR) is 72.3 cm³/mol. The van der Waals surface area contributed by atoms with Crippen LogP contribution in [0.1, 0.15) is 31.2 Å². The van der Waals surface area contributed by atoms with Crippen LogP contribution in [-0.2, 0) is 6.54 Å². The van der Waals surface area contributed by atoms with Gasteiger partial charge in [0.1, 0.15) is 0 Å². The first-order valence-electron chi connectivity index (χ1n) is 6.02. The third kappa shape index (κ3) is 3.22. The van der Waals surface area contributed by atoms with Crippen LogP contribution in [0.3, 0.4) is 0 Å². The second kappa shape index (κ2) is 5.69. The van der Waals surface area contributed by atoms with Crippen molar-refractivity contribution < 1.29 is 0 Å². The van der Waals surface area contributed by atoms with E-state index in [0.29, 0.717) is 0 Å². The molecular formula is C13H19BrN2. The van der Waals surface area contributed by atoms with Gasteiger partial charge in [-0.2, -0.15) is 0 Å². The summed E-state index contributed by atoms with van der Waals surface area (Å²) in [4.78, 5) is 2.52. The molecule has 0 amide bonds. The molecule has 0 radical (unpaired) electrons. The molecule has 2 rings (SSSR count). The summed E-state index contributed by atoms with van der Waals surface area (Å²) in [6, 6.07) is 6.20. The lowest BCUT2D eigenvalue weighted by atomic mass is 10.1. The molecule has 1 fully saturated rings. The molecule has 3 heteroatoms. The van der Waals surface area contributed by atoms with Crippen molar-refractivity contribution >= 4 is 21.6 Å². The molecule has 0 aliphatic carbocycles. The fraction of sp³-hybridized carbons (Fsp3) is 0.538. The SMILES string of the molecule is Nc1cc(Br)ccc1CN1CCCCCC1. The summed E-state index contributed by atoms with van der Waals surface area (Å²) in [6.07, 6.45) is 5.42. The summed E-state index contributed by atoms with van der Waals surface area (Å²) in [5.74, 6) is 0. The number of halogens is 1. The van der Waals surface area contributed by atoms with Crippen molar-refractivity contribution in [2.24, 2.45) is 0 Å². The number of hydrogen-bond acceptors (Lipinski definition) is 2. The molecule has 2 N–H and O–H groups in total. The standard InChI is InChI=1S/C13H19BrN2/c14-12-6-5-11(13(15)9-12)10-16-7-3-1-2-4-8-16/h5-6,9H,1-4,7-8,10,15H2. The molecule has 0 saturated carbocycles. The molecular weight excluding hydrogens is 264 g/mol. The molecule has 0 atom stereocenters. The molecule has 88 valence electrons. The van der Waals surface area contributed by atoms with Crippen molar-refractivity contribution in [3.8, 4) is 0 Å². The van der Waals surface area contributed by atoms with E-state index in [1.165, 1.54) is 44.3 Å². The Labute approximate surface area is 106 Å². The Morgan fingerprint density at radius 3 is 2.44 bits per heavy atom. The van der Waals surface area contributed by atoms with Gasteiger partial charge in [0.15, 0.2) is 0 Å². The number of anilines is 1. The first-order valence-corrected chi connectivity index (χ1v) is 6.81. The van der Waals surface area contributed by atoms with E-state index in [1.54, 1.807) is 0 Å². The Kier molecular flexibility index (Phi) is 4.24. The van der Waals surface area contributed by atoms with E-state index >= 15 is 0 Å². The van der Waals surface area contributed by atoms with E-state index in [1.807, 2.05) is 6.07 Å². The predicted octanol–water partition coefficient (Wildman–Crippen LogP) is 3.41. The van der Waals surface area contributed by atoms with E-state index in [-0.39, 0.29) is 0 Å². The van der Waals surface area contributed by atoms with Crippen molar-refractivity contribution in [2.45, 2.75) is 32.2 Å². The van der Waals surface area contributed by atoms with Gasteiger partial charge in [0.2, 0.25) is 0 Å². The lowest BCUT2D eigenvalue weighted by Gasteiger charge is -2.20. The number of nitrogen functional groups attached to an aromatic ring is 1. The Balaban J connectivity index is 2.01. The Morgan fingerprint density at radius 2 is 1.81 bits per heavy atom. The summed E-state index contributed by atoms with van der Waals surface area (Å²) in [5, 5.41) is 0. The average molecular weight is 283 g/mol. The maximum Gasteiger partial charge on any atom is 0.0371 e. The smallest absolute Gasteiger partial charge is 0.0371 e. The molecule has 1 saturated heterocycles. The van der Waals surface area contributed by atoms with Crippen LogP contribution in [-0.4, -0.2) is 18.0 Å². The zero-order valence-electron chi connectivity index (χ0n) is 9.58. The Morgan fingerprint density at radius 1 is 1.12 bits per heavy atom. The third-order valence-electron chi connectivity index (χ3n) is 3.20. The number of nitrogens with zero attached hydrogens (tertiary/aromatic N) is 1. The zero-order valence-corrected chi connectivity index (χ0v) is 11.2. The second-order valence-electron chi connectivity index (χ2n) is 4.53. The van der Waals surface area contributed by atoms with Gasteiger partial charge in [-0.25, -0.2) is 0 Å². The van der Waals surface area contributed by atoms with Gasteiger partial charge in [-0.1, -0.05) is 34.8 Å². The van der Waals surface area contributed by atoms with Crippen LogP contribution < -0.4 is 5.73 Å². The molecule has 16 heavy (non-hydrogen) atoms. The molecule has 1 heterocycles. The summed E-state index contributed by atoms with van der Waals surface area (Å²) in [6.45, 7) is 3.43. The molecule has 2 nitrogen and oxygen atoms in total. The van der Waals surface area contributed by atoms with Crippen molar-refractivity contribution in [3.63, 3.8) is 0 Å². The van der Waals surface area contributed by atoms with Crippen LogP contribution in [0.25, 0.3) is 0 Å². The van der Waals surface area contributed by atoms with Crippen molar-refractivity contribution in [2.75, 3.05) is 18.8 Å². The fourth-order valence-electron chi connectivity index (χ4n) is 2.24. The van der Waals surface area contributed by atoms with Gasteiger partial charge >= 0.3 is 0 Å². The van der Waals surface area contributed by atoms with Crippen molar-refractivity contribution in [1.82, 2.24) is 4.90 Å². The quantitative estimate of drug-likeness (QED) is 0.843. The van der Waals surface area contributed by atoms with E-state index in [2.05, 4.69) is 33.0 Å². The van der Waals surface area contributed by atoms with Gasteiger partial charge in [-0.15, -0.1) is 0 Å². The highest BCUT2D eigenvalue weighted by atomic mass is 79.9. The number of nitrogens with two attached hydrogens (primary N) is 1. The minimum Gasteiger partial charge on any atom is -0.398 e. The lowest BCUT2D eigenvalue weighted by Crippen LogP contribution is -2.24. The molecule has 0 unspecified atom stereocenters. The normalized spacial score (nSPS) is 18.3. The monoisotopic (exact) mass is 282 g/mol. The summed E-state index contributed by atoms with van der Waals surface area (Å²) >= 11 is 3.44. The summed E-state index contributed by atoms with van der Waals surface area (Å²) < 4.78 is 1.06. The fourth-order valence-corrected chi connectivity index (χ4v) is 2.62. The molecule has 0 aromatic heterocycles. The minimum atomic E-state index is 0.902. The maximum absolute atomic E-state index is 6.02. The van der Waals surface area contributed by atoms with Crippen LogP contribution >= 0.6 is 15.9 Å². The minimum absolute atomic E-state index is 0.902. The second-order valence-corrected chi connectivity index (χ2v) is 5.45. The van der Waals surface area contributed by atoms with Crippen LogP contribution in [0, 0.1) is 0 Å². The highest BCUT2D eigenvalue weighted by Crippen LogP contribution is 2.21. The molecule has 1 aromatic carbocycles. The first kappa shape index (κ1) is 11.9. The van der Waals surface area contributed by atoms with Crippen molar-refractivity contribution in [3.05, 3.63) is 28.2 Å². The first-order chi connectivity index (χ1) is 7.75. The lowest BCUT2D eigenvalue weighted by molar-refractivity contribution is 0.277. The number of rotatable bonds is 2. The van der Waals surface area contributed by atoms with Gasteiger partial charge < -0.3 is 5.73 Å². The maximum atomic E-state index is 6.02. The Bertz CT molecular complexity index is 344. The summed E-state index contributed by atoms with van der Waals surface area (Å²) in [7, 11) is 0. The van der Waals surface area contributed by atoms with Crippen LogP contribution in [0.4, 0.5) is 5.69 Å².